The van der Waals surface area contributed by atoms with Gasteiger partial charge in [0.2, 0.25) is 0 Å². The first-order valence-corrected chi connectivity index (χ1v) is 6.64. The highest BCUT2D eigenvalue weighted by Crippen LogP contribution is 2.24. The van der Waals surface area contributed by atoms with Crippen LogP contribution in [0, 0.1) is 0 Å². The van der Waals surface area contributed by atoms with Crippen LogP contribution in [-0.4, -0.2) is 11.2 Å². The van der Waals surface area contributed by atoms with Gasteiger partial charge in [-0.05, 0) is 31.2 Å². The van der Waals surface area contributed by atoms with Gasteiger partial charge in [0, 0.05) is 21.8 Å². The van der Waals surface area contributed by atoms with E-state index in [2.05, 4.69) is 0 Å². The van der Waals surface area contributed by atoms with Gasteiger partial charge in [0.15, 0.2) is 5.75 Å². The molecule has 0 aliphatic heterocycles. The van der Waals surface area contributed by atoms with Gasteiger partial charge in [-0.1, -0.05) is 29.3 Å². The normalized spacial score (nSPS) is 10.5. The lowest BCUT2D eigenvalue weighted by Gasteiger charge is -2.11. The zero-order valence-corrected chi connectivity index (χ0v) is 11.9. The van der Waals surface area contributed by atoms with E-state index in [1.807, 2.05) is 6.92 Å². The molecule has 0 atom stereocenters. The molecule has 19 heavy (non-hydrogen) atoms. The second kappa shape index (κ2) is 6.13. The van der Waals surface area contributed by atoms with Gasteiger partial charge >= 0.3 is 0 Å². The number of aromatic nitrogens is 1. The van der Waals surface area contributed by atoms with Crippen molar-refractivity contribution in [1.82, 2.24) is 4.57 Å². The largest absolute Gasteiger partial charge is 0.488 e. The van der Waals surface area contributed by atoms with Crippen LogP contribution in [0.25, 0.3) is 0 Å². The lowest BCUT2D eigenvalue weighted by atomic mass is 10.2. The number of hydrogen-bond donors (Lipinski definition) is 0. The molecule has 0 saturated carbocycles. The topological polar surface area (TPSA) is 31.2 Å². The first-order valence-electron chi connectivity index (χ1n) is 5.88. The fourth-order valence-electron chi connectivity index (χ4n) is 1.76. The summed E-state index contributed by atoms with van der Waals surface area (Å²) in [5.41, 5.74) is 0.530. The molecular formula is C14H13Cl2NO2. The van der Waals surface area contributed by atoms with E-state index in [1.54, 1.807) is 36.5 Å². The third-order valence-corrected chi connectivity index (χ3v) is 3.38. The Bertz CT molecular complexity index is 617. The number of nitrogens with zero attached hydrogens (tertiary/aromatic N) is 1. The van der Waals surface area contributed by atoms with E-state index in [1.165, 1.54) is 4.57 Å². The summed E-state index contributed by atoms with van der Waals surface area (Å²) in [4.78, 5) is 12.1. The Labute approximate surface area is 121 Å². The Kier molecular flexibility index (Phi) is 4.51. The lowest BCUT2D eigenvalue weighted by Crippen LogP contribution is -2.22. The number of pyridine rings is 1. The predicted molar refractivity (Wildman–Crippen MR) is 77.4 cm³/mol. The summed E-state index contributed by atoms with van der Waals surface area (Å²) in [5, 5.41) is 1.09. The quantitative estimate of drug-likeness (QED) is 0.863. The molecular weight excluding hydrogens is 285 g/mol. The van der Waals surface area contributed by atoms with Crippen molar-refractivity contribution >= 4 is 23.2 Å². The van der Waals surface area contributed by atoms with Crippen molar-refractivity contribution < 1.29 is 4.74 Å². The Morgan fingerprint density at radius 2 is 1.84 bits per heavy atom. The monoisotopic (exact) mass is 297 g/mol. The van der Waals surface area contributed by atoms with Crippen LogP contribution in [0.4, 0.5) is 0 Å². The van der Waals surface area contributed by atoms with Gasteiger partial charge in [-0.25, -0.2) is 0 Å². The molecule has 100 valence electrons. The first kappa shape index (κ1) is 14.0. The predicted octanol–water partition coefficient (Wildman–Crippen LogP) is 3.60. The van der Waals surface area contributed by atoms with Crippen molar-refractivity contribution in [2.45, 2.75) is 13.5 Å². The zero-order valence-electron chi connectivity index (χ0n) is 10.4. The van der Waals surface area contributed by atoms with Crippen LogP contribution < -0.4 is 10.3 Å². The Hall–Kier alpha value is -1.45. The molecule has 1 aromatic heterocycles. The zero-order chi connectivity index (χ0) is 13.8. The molecule has 1 heterocycles. The highest BCUT2D eigenvalue weighted by Gasteiger charge is 2.09. The highest BCUT2D eigenvalue weighted by atomic mass is 35.5. The van der Waals surface area contributed by atoms with Crippen molar-refractivity contribution in [3.05, 3.63) is 62.5 Å². The van der Waals surface area contributed by atoms with Gasteiger partial charge in [0.05, 0.1) is 13.2 Å². The molecule has 2 aromatic rings. The Morgan fingerprint density at radius 3 is 2.47 bits per heavy atom. The minimum absolute atomic E-state index is 0.194. The Balaban J connectivity index is 2.39. The van der Waals surface area contributed by atoms with Crippen LogP contribution in [0.1, 0.15) is 12.5 Å². The summed E-state index contributed by atoms with van der Waals surface area (Å²) >= 11 is 12.2. The van der Waals surface area contributed by atoms with E-state index in [0.717, 1.165) is 5.56 Å². The third kappa shape index (κ3) is 3.11. The molecule has 0 unspecified atom stereocenters. The van der Waals surface area contributed by atoms with E-state index < -0.39 is 0 Å². The van der Waals surface area contributed by atoms with Gasteiger partial charge < -0.3 is 9.30 Å². The molecule has 0 bridgehead atoms. The maximum absolute atomic E-state index is 12.1. The standard InChI is InChI=1S/C14H13Cl2NO2/c1-2-19-13-7-4-8-17(14(13)18)9-10-11(15)5-3-6-12(10)16/h3-8H,2,9H2,1H3. The van der Waals surface area contributed by atoms with Gasteiger partial charge in [-0.2, -0.15) is 0 Å². The molecule has 0 aliphatic rings. The molecule has 0 fully saturated rings. The molecule has 3 nitrogen and oxygen atoms in total. The van der Waals surface area contributed by atoms with E-state index in [-0.39, 0.29) is 5.56 Å². The lowest BCUT2D eigenvalue weighted by molar-refractivity contribution is 0.332. The van der Waals surface area contributed by atoms with Crippen LogP contribution in [0.15, 0.2) is 41.3 Å². The second-order valence-electron chi connectivity index (χ2n) is 3.94. The average molecular weight is 298 g/mol. The molecule has 0 spiro atoms. The number of hydrogen-bond acceptors (Lipinski definition) is 2. The maximum Gasteiger partial charge on any atom is 0.293 e. The second-order valence-corrected chi connectivity index (χ2v) is 4.75. The number of benzene rings is 1. The van der Waals surface area contributed by atoms with Crippen molar-refractivity contribution in [2.75, 3.05) is 6.61 Å². The minimum atomic E-state index is -0.194. The fraction of sp³-hybridized carbons (Fsp3) is 0.214. The molecule has 1 aromatic carbocycles. The van der Waals surface area contributed by atoms with E-state index in [4.69, 9.17) is 27.9 Å². The molecule has 5 heteroatoms. The van der Waals surface area contributed by atoms with Crippen molar-refractivity contribution in [2.24, 2.45) is 0 Å². The van der Waals surface area contributed by atoms with Crippen LogP contribution >= 0.6 is 23.2 Å². The third-order valence-electron chi connectivity index (χ3n) is 2.68. The highest BCUT2D eigenvalue weighted by molar-refractivity contribution is 6.35. The molecule has 0 amide bonds. The smallest absolute Gasteiger partial charge is 0.293 e. The van der Waals surface area contributed by atoms with Gasteiger partial charge in [-0.15, -0.1) is 0 Å². The van der Waals surface area contributed by atoms with Crippen LogP contribution in [-0.2, 0) is 6.54 Å². The number of ether oxygens (including phenoxy) is 1. The van der Waals surface area contributed by atoms with Crippen LogP contribution in [0.3, 0.4) is 0 Å². The SMILES string of the molecule is CCOc1cccn(Cc2c(Cl)cccc2Cl)c1=O. The molecule has 0 N–H and O–H groups in total. The van der Waals surface area contributed by atoms with Crippen molar-refractivity contribution in [3.63, 3.8) is 0 Å². The summed E-state index contributed by atoms with van der Waals surface area (Å²) in [5.74, 6) is 0.327. The van der Waals surface area contributed by atoms with E-state index in [9.17, 15) is 4.79 Å². The fourth-order valence-corrected chi connectivity index (χ4v) is 2.28. The Morgan fingerprint density at radius 1 is 1.16 bits per heavy atom. The summed E-state index contributed by atoms with van der Waals surface area (Å²) < 4.78 is 6.80. The van der Waals surface area contributed by atoms with Crippen molar-refractivity contribution in [3.8, 4) is 5.75 Å². The van der Waals surface area contributed by atoms with Crippen molar-refractivity contribution in [1.29, 1.82) is 0 Å². The van der Waals surface area contributed by atoms with E-state index in [0.29, 0.717) is 28.9 Å². The van der Waals surface area contributed by atoms with E-state index >= 15 is 0 Å². The summed E-state index contributed by atoms with van der Waals surface area (Å²) in [6.07, 6.45) is 1.69. The van der Waals surface area contributed by atoms with Gasteiger partial charge in [0.1, 0.15) is 0 Å². The minimum Gasteiger partial charge on any atom is -0.488 e. The maximum atomic E-state index is 12.1. The van der Waals surface area contributed by atoms with Crippen LogP contribution in [0.5, 0.6) is 5.75 Å². The average Bonchev–Trinajstić information content (AvgIpc) is 2.38. The summed E-state index contributed by atoms with van der Waals surface area (Å²) in [6.45, 7) is 2.60. The molecule has 0 aliphatic carbocycles. The summed E-state index contributed by atoms with van der Waals surface area (Å²) in [6, 6.07) is 8.68. The molecule has 0 saturated heterocycles. The molecule has 2 rings (SSSR count). The first-order chi connectivity index (χ1) is 9.13. The molecule has 0 radical (unpaired) electrons. The summed E-state index contributed by atoms with van der Waals surface area (Å²) in [7, 11) is 0. The van der Waals surface area contributed by atoms with Gasteiger partial charge in [0.25, 0.3) is 5.56 Å². The number of halogens is 2. The number of rotatable bonds is 4. The van der Waals surface area contributed by atoms with Gasteiger partial charge in [-0.3, -0.25) is 4.79 Å². The van der Waals surface area contributed by atoms with Crippen LogP contribution in [0.2, 0.25) is 10.0 Å².